The minimum atomic E-state index is -0.0527. The first-order valence-corrected chi connectivity index (χ1v) is 8.98. The Labute approximate surface area is 145 Å². The van der Waals surface area contributed by atoms with E-state index in [4.69, 9.17) is 0 Å². The van der Waals surface area contributed by atoms with E-state index in [-0.39, 0.29) is 17.9 Å². The lowest BCUT2D eigenvalue weighted by Gasteiger charge is -2.20. The fourth-order valence-corrected chi connectivity index (χ4v) is 2.73. The van der Waals surface area contributed by atoms with Crippen LogP contribution in [0.2, 0.25) is 0 Å². The molecule has 0 aliphatic heterocycles. The average molecular weight is 334 g/mol. The van der Waals surface area contributed by atoms with Crippen LogP contribution < -0.4 is 15.5 Å². The molecule has 5 nitrogen and oxygen atoms in total. The predicted octanol–water partition coefficient (Wildman–Crippen LogP) is 1.53. The Morgan fingerprint density at radius 3 is 2.25 bits per heavy atom. The van der Waals surface area contributed by atoms with Crippen molar-refractivity contribution in [2.75, 3.05) is 25.0 Å². The van der Waals surface area contributed by atoms with Crippen LogP contribution in [0.5, 0.6) is 0 Å². The SMILES string of the molecule is CCC[NH+](CC(=O)Nc1ccccc1C)CC(=O)NC(CC)CC. The van der Waals surface area contributed by atoms with E-state index in [0.717, 1.165) is 42.0 Å². The molecule has 5 heteroatoms. The van der Waals surface area contributed by atoms with Crippen molar-refractivity contribution in [3.8, 4) is 0 Å². The minimum absolute atomic E-state index is 0.0239. The van der Waals surface area contributed by atoms with E-state index in [9.17, 15) is 9.59 Å². The second-order valence-corrected chi connectivity index (χ2v) is 6.30. The smallest absolute Gasteiger partial charge is 0.279 e. The monoisotopic (exact) mass is 334 g/mol. The van der Waals surface area contributed by atoms with Gasteiger partial charge in [-0.1, -0.05) is 39.0 Å². The van der Waals surface area contributed by atoms with Crippen LogP contribution in [0.25, 0.3) is 0 Å². The second-order valence-electron chi connectivity index (χ2n) is 6.30. The summed E-state index contributed by atoms with van der Waals surface area (Å²) in [6.45, 7) is 9.62. The molecule has 0 aliphatic carbocycles. The molecular formula is C19H32N3O2+. The van der Waals surface area contributed by atoms with Gasteiger partial charge in [0.15, 0.2) is 13.1 Å². The summed E-state index contributed by atoms with van der Waals surface area (Å²) in [5.74, 6) is -0.0288. The Kier molecular flexibility index (Phi) is 9.08. The van der Waals surface area contributed by atoms with Gasteiger partial charge in [-0.05, 0) is 37.8 Å². The Balaban J connectivity index is 2.57. The molecule has 24 heavy (non-hydrogen) atoms. The molecule has 1 unspecified atom stereocenters. The number of rotatable bonds is 10. The number of aryl methyl sites for hydroxylation is 1. The molecule has 0 aromatic heterocycles. The summed E-state index contributed by atoms with van der Waals surface area (Å²) in [6, 6.07) is 7.94. The number of nitrogens with one attached hydrogen (secondary N) is 3. The summed E-state index contributed by atoms with van der Waals surface area (Å²) < 4.78 is 0. The van der Waals surface area contributed by atoms with E-state index in [2.05, 4.69) is 31.4 Å². The number of amides is 2. The summed E-state index contributed by atoms with van der Waals surface area (Å²) in [6.07, 6.45) is 2.80. The van der Waals surface area contributed by atoms with Gasteiger partial charge in [0.1, 0.15) is 0 Å². The van der Waals surface area contributed by atoms with Crippen molar-refractivity contribution in [2.24, 2.45) is 0 Å². The van der Waals surface area contributed by atoms with Gasteiger partial charge in [0, 0.05) is 11.7 Å². The molecule has 0 radical (unpaired) electrons. The molecule has 1 aromatic carbocycles. The number of hydrogen-bond donors (Lipinski definition) is 3. The average Bonchev–Trinajstić information content (AvgIpc) is 2.55. The van der Waals surface area contributed by atoms with Gasteiger partial charge < -0.3 is 15.5 Å². The van der Waals surface area contributed by atoms with Crippen molar-refractivity contribution in [1.82, 2.24) is 5.32 Å². The highest BCUT2D eigenvalue weighted by atomic mass is 16.2. The van der Waals surface area contributed by atoms with Crippen LogP contribution in [-0.4, -0.2) is 37.5 Å². The summed E-state index contributed by atoms with van der Waals surface area (Å²) >= 11 is 0. The van der Waals surface area contributed by atoms with Gasteiger partial charge in [-0.25, -0.2) is 0 Å². The lowest BCUT2D eigenvalue weighted by molar-refractivity contribution is -0.883. The van der Waals surface area contributed by atoms with Crippen molar-refractivity contribution in [3.05, 3.63) is 29.8 Å². The van der Waals surface area contributed by atoms with Crippen LogP contribution in [0.1, 0.15) is 45.6 Å². The molecule has 3 N–H and O–H groups in total. The van der Waals surface area contributed by atoms with Crippen LogP contribution in [-0.2, 0) is 9.59 Å². The summed E-state index contributed by atoms with van der Waals surface area (Å²) in [7, 11) is 0. The highest BCUT2D eigenvalue weighted by molar-refractivity contribution is 5.92. The van der Waals surface area contributed by atoms with Crippen LogP contribution in [0.3, 0.4) is 0 Å². The summed E-state index contributed by atoms with van der Waals surface area (Å²) in [4.78, 5) is 25.5. The van der Waals surface area contributed by atoms with Crippen molar-refractivity contribution < 1.29 is 14.5 Å². The number of carbonyl (C=O) groups is 2. The molecule has 134 valence electrons. The Morgan fingerprint density at radius 2 is 1.67 bits per heavy atom. The molecular weight excluding hydrogens is 302 g/mol. The summed E-state index contributed by atoms with van der Waals surface area (Å²) in [5.41, 5.74) is 1.87. The Bertz CT molecular complexity index is 527. The number of hydrogen-bond acceptors (Lipinski definition) is 2. The van der Waals surface area contributed by atoms with Gasteiger partial charge in [-0.15, -0.1) is 0 Å². The quantitative estimate of drug-likeness (QED) is 0.608. The molecule has 0 heterocycles. The first-order chi connectivity index (χ1) is 11.5. The van der Waals surface area contributed by atoms with Gasteiger partial charge in [0.25, 0.3) is 11.8 Å². The molecule has 1 aromatic rings. The first-order valence-electron chi connectivity index (χ1n) is 8.98. The normalized spacial score (nSPS) is 12.0. The highest BCUT2D eigenvalue weighted by Crippen LogP contribution is 2.12. The number of quaternary nitrogens is 1. The highest BCUT2D eigenvalue weighted by Gasteiger charge is 2.19. The molecule has 1 rings (SSSR count). The van der Waals surface area contributed by atoms with E-state index in [0.29, 0.717) is 13.1 Å². The number of anilines is 1. The maximum atomic E-state index is 12.3. The molecule has 2 amide bonds. The third-order valence-corrected chi connectivity index (χ3v) is 4.19. The number of para-hydroxylation sites is 1. The molecule has 0 saturated carbocycles. The van der Waals surface area contributed by atoms with Gasteiger partial charge in [0.05, 0.1) is 6.54 Å². The number of carbonyl (C=O) groups excluding carboxylic acids is 2. The maximum absolute atomic E-state index is 12.3. The molecule has 0 spiro atoms. The Morgan fingerprint density at radius 1 is 1.04 bits per heavy atom. The fraction of sp³-hybridized carbons (Fsp3) is 0.579. The van der Waals surface area contributed by atoms with Gasteiger partial charge in [-0.3, -0.25) is 9.59 Å². The van der Waals surface area contributed by atoms with Gasteiger partial charge in [0.2, 0.25) is 0 Å². The van der Waals surface area contributed by atoms with E-state index < -0.39 is 0 Å². The van der Waals surface area contributed by atoms with Gasteiger partial charge in [-0.2, -0.15) is 0 Å². The standard InChI is InChI=1S/C19H31N3O2/c1-5-12-22(13-18(23)20-16(6-2)7-3)14-19(24)21-17-11-9-8-10-15(17)4/h8-11,16H,5-7,12-14H2,1-4H3,(H,20,23)(H,21,24)/p+1. The third kappa shape index (κ3) is 7.13. The fourth-order valence-electron chi connectivity index (χ4n) is 2.73. The summed E-state index contributed by atoms with van der Waals surface area (Å²) in [5, 5.41) is 5.99. The number of benzene rings is 1. The van der Waals surface area contributed by atoms with Crippen LogP contribution in [0, 0.1) is 6.92 Å². The molecule has 0 bridgehead atoms. The van der Waals surface area contributed by atoms with E-state index in [1.165, 1.54) is 0 Å². The molecule has 0 saturated heterocycles. The van der Waals surface area contributed by atoms with E-state index >= 15 is 0 Å². The van der Waals surface area contributed by atoms with E-state index in [1.807, 2.05) is 31.2 Å². The Hall–Kier alpha value is -1.88. The zero-order valence-corrected chi connectivity index (χ0v) is 15.4. The van der Waals surface area contributed by atoms with Crippen molar-refractivity contribution in [3.63, 3.8) is 0 Å². The first kappa shape index (κ1) is 20.2. The maximum Gasteiger partial charge on any atom is 0.279 e. The third-order valence-electron chi connectivity index (χ3n) is 4.19. The van der Waals surface area contributed by atoms with Gasteiger partial charge >= 0.3 is 0 Å². The molecule has 0 aliphatic rings. The van der Waals surface area contributed by atoms with Crippen molar-refractivity contribution in [1.29, 1.82) is 0 Å². The van der Waals surface area contributed by atoms with E-state index in [1.54, 1.807) is 0 Å². The zero-order valence-electron chi connectivity index (χ0n) is 15.4. The largest absolute Gasteiger partial charge is 0.349 e. The lowest BCUT2D eigenvalue weighted by atomic mass is 10.2. The molecule has 1 atom stereocenters. The predicted molar refractivity (Wildman–Crippen MR) is 98.2 cm³/mol. The zero-order chi connectivity index (χ0) is 17.9. The lowest BCUT2D eigenvalue weighted by Crippen LogP contribution is -3.14. The van der Waals surface area contributed by atoms with Crippen LogP contribution in [0.4, 0.5) is 5.69 Å². The van der Waals surface area contributed by atoms with Crippen LogP contribution >= 0.6 is 0 Å². The van der Waals surface area contributed by atoms with Crippen molar-refractivity contribution >= 4 is 17.5 Å². The minimum Gasteiger partial charge on any atom is -0.349 e. The van der Waals surface area contributed by atoms with Crippen LogP contribution in [0.15, 0.2) is 24.3 Å². The molecule has 0 fully saturated rings. The second kappa shape index (κ2) is 10.8. The topological polar surface area (TPSA) is 62.6 Å². The van der Waals surface area contributed by atoms with Crippen molar-refractivity contribution in [2.45, 2.75) is 53.0 Å².